The fourth-order valence-electron chi connectivity index (χ4n) is 4.85. The van der Waals surface area contributed by atoms with Gasteiger partial charge in [0.1, 0.15) is 6.10 Å². The zero-order valence-electron chi connectivity index (χ0n) is 12.3. The molecule has 112 valence electrons. The molecule has 0 aromatic rings. The van der Waals surface area contributed by atoms with Crippen molar-refractivity contribution in [3.05, 3.63) is 0 Å². The average Bonchev–Trinajstić information content (AvgIpc) is 2.41. The fraction of sp³-hybridized carbons (Fsp3) is 0.867. The molecule has 20 heavy (non-hydrogen) atoms. The summed E-state index contributed by atoms with van der Waals surface area (Å²) in [5.41, 5.74) is 4.91. The lowest BCUT2D eigenvalue weighted by Gasteiger charge is -2.55. The number of hydrazine groups is 1. The van der Waals surface area contributed by atoms with Gasteiger partial charge >= 0.3 is 0 Å². The van der Waals surface area contributed by atoms with Gasteiger partial charge in [-0.3, -0.25) is 20.4 Å². The van der Waals surface area contributed by atoms with E-state index in [1.54, 1.807) is 6.92 Å². The summed E-state index contributed by atoms with van der Waals surface area (Å²) in [7, 11) is 1.48. The van der Waals surface area contributed by atoms with E-state index in [0.717, 1.165) is 37.0 Å². The summed E-state index contributed by atoms with van der Waals surface area (Å²) in [5, 5.41) is 0. The molecule has 0 spiro atoms. The molecule has 0 aromatic heterocycles. The van der Waals surface area contributed by atoms with Crippen LogP contribution in [0.4, 0.5) is 0 Å². The number of hydrogen-bond donors (Lipinski definition) is 2. The lowest BCUT2D eigenvalue weighted by Crippen LogP contribution is -2.57. The Labute approximate surface area is 119 Å². The molecule has 4 aliphatic carbocycles. The first-order valence-corrected chi connectivity index (χ1v) is 7.65. The van der Waals surface area contributed by atoms with Gasteiger partial charge in [-0.2, -0.15) is 0 Å². The number of rotatable bonds is 3. The van der Waals surface area contributed by atoms with Gasteiger partial charge in [0.15, 0.2) is 0 Å². The van der Waals surface area contributed by atoms with Crippen LogP contribution in [0, 0.1) is 23.2 Å². The Morgan fingerprint density at radius 1 is 1.05 bits per heavy atom. The van der Waals surface area contributed by atoms with E-state index in [-0.39, 0.29) is 17.2 Å². The molecule has 0 aromatic carbocycles. The van der Waals surface area contributed by atoms with Gasteiger partial charge in [-0.15, -0.1) is 0 Å². The molecule has 2 amide bonds. The number of hydrogen-bond acceptors (Lipinski definition) is 3. The van der Waals surface area contributed by atoms with E-state index in [2.05, 4.69) is 10.9 Å². The molecule has 4 aliphatic rings. The highest BCUT2D eigenvalue weighted by atomic mass is 16.5. The zero-order valence-corrected chi connectivity index (χ0v) is 12.3. The Hall–Kier alpha value is -1.10. The minimum Gasteiger partial charge on any atom is -0.372 e. The van der Waals surface area contributed by atoms with Gasteiger partial charge in [0.2, 0.25) is 5.91 Å². The molecule has 4 fully saturated rings. The van der Waals surface area contributed by atoms with Crippen molar-refractivity contribution in [1.82, 2.24) is 10.9 Å². The highest BCUT2D eigenvalue weighted by Crippen LogP contribution is 2.59. The molecular weight excluding hydrogens is 256 g/mol. The van der Waals surface area contributed by atoms with E-state index in [4.69, 9.17) is 4.74 Å². The first kappa shape index (κ1) is 13.9. The molecule has 5 heteroatoms. The standard InChI is InChI=1S/C15H24N2O3/c1-9(20-2)13(18)16-17-14(19)15-6-10-3-11(7-15)5-12(4-10)8-15/h9-12H,3-8H2,1-2H3,(H,16,18)(H,17,19). The van der Waals surface area contributed by atoms with E-state index in [0.29, 0.717) is 0 Å². The predicted molar refractivity (Wildman–Crippen MR) is 73.4 cm³/mol. The fourth-order valence-corrected chi connectivity index (χ4v) is 4.85. The number of carbonyl (C=O) groups is 2. The summed E-state index contributed by atoms with van der Waals surface area (Å²) >= 11 is 0. The predicted octanol–water partition coefficient (Wildman–Crippen LogP) is 1.39. The van der Waals surface area contributed by atoms with Crippen LogP contribution >= 0.6 is 0 Å². The van der Waals surface area contributed by atoms with Gasteiger partial charge < -0.3 is 4.74 Å². The molecule has 4 saturated carbocycles. The molecule has 0 heterocycles. The normalized spacial score (nSPS) is 39.4. The SMILES string of the molecule is COC(C)C(=O)NNC(=O)C12CC3CC(CC(C3)C1)C2. The smallest absolute Gasteiger partial charge is 0.267 e. The van der Waals surface area contributed by atoms with Crippen molar-refractivity contribution in [3.63, 3.8) is 0 Å². The molecule has 1 atom stereocenters. The largest absolute Gasteiger partial charge is 0.372 e. The summed E-state index contributed by atoms with van der Waals surface area (Å²) in [4.78, 5) is 24.2. The molecular formula is C15H24N2O3. The van der Waals surface area contributed by atoms with Gasteiger partial charge in [-0.25, -0.2) is 0 Å². The van der Waals surface area contributed by atoms with Crippen molar-refractivity contribution >= 4 is 11.8 Å². The third-order valence-electron chi connectivity index (χ3n) is 5.54. The Morgan fingerprint density at radius 3 is 2.00 bits per heavy atom. The van der Waals surface area contributed by atoms with Crippen molar-refractivity contribution < 1.29 is 14.3 Å². The highest BCUT2D eigenvalue weighted by molar-refractivity contribution is 5.87. The maximum absolute atomic E-state index is 12.5. The van der Waals surface area contributed by atoms with Gasteiger partial charge in [0.05, 0.1) is 5.41 Å². The van der Waals surface area contributed by atoms with Gasteiger partial charge in [-0.1, -0.05) is 0 Å². The van der Waals surface area contributed by atoms with Gasteiger partial charge in [-0.05, 0) is 63.2 Å². The minimum atomic E-state index is -0.549. The summed E-state index contributed by atoms with van der Waals surface area (Å²) in [6.45, 7) is 1.66. The van der Waals surface area contributed by atoms with Crippen LogP contribution in [-0.4, -0.2) is 25.0 Å². The van der Waals surface area contributed by atoms with Crippen molar-refractivity contribution in [2.75, 3.05) is 7.11 Å². The topological polar surface area (TPSA) is 67.4 Å². The third-order valence-corrected chi connectivity index (χ3v) is 5.54. The van der Waals surface area contributed by atoms with Crippen molar-refractivity contribution in [1.29, 1.82) is 0 Å². The van der Waals surface area contributed by atoms with Gasteiger partial charge in [0, 0.05) is 7.11 Å². The summed E-state index contributed by atoms with van der Waals surface area (Å²) in [6, 6.07) is 0. The maximum atomic E-state index is 12.5. The second kappa shape index (κ2) is 5.02. The average molecular weight is 280 g/mol. The zero-order chi connectivity index (χ0) is 14.3. The number of ether oxygens (including phenoxy) is 1. The quantitative estimate of drug-likeness (QED) is 0.768. The maximum Gasteiger partial charge on any atom is 0.267 e. The number of methoxy groups -OCH3 is 1. The van der Waals surface area contributed by atoms with Crippen molar-refractivity contribution in [2.45, 2.75) is 51.6 Å². The number of carbonyl (C=O) groups excluding carboxylic acids is 2. The molecule has 2 N–H and O–H groups in total. The van der Waals surface area contributed by atoms with E-state index in [9.17, 15) is 9.59 Å². The summed E-state index contributed by atoms with van der Waals surface area (Å²) < 4.78 is 4.93. The highest BCUT2D eigenvalue weighted by Gasteiger charge is 2.54. The number of amides is 2. The third kappa shape index (κ3) is 2.32. The van der Waals surface area contributed by atoms with Crippen molar-refractivity contribution in [3.8, 4) is 0 Å². The van der Waals surface area contributed by atoms with E-state index < -0.39 is 6.10 Å². The molecule has 4 bridgehead atoms. The second-order valence-electron chi connectivity index (χ2n) is 7.02. The van der Waals surface area contributed by atoms with Crippen LogP contribution in [0.15, 0.2) is 0 Å². The van der Waals surface area contributed by atoms with Crippen molar-refractivity contribution in [2.24, 2.45) is 23.2 Å². The first-order valence-electron chi connectivity index (χ1n) is 7.65. The van der Waals surface area contributed by atoms with E-state index in [1.807, 2.05) is 0 Å². The molecule has 0 radical (unpaired) electrons. The molecule has 0 saturated heterocycles. The Bertz CT molecular complexity index is 386. The van der Waals surface area contributed by atoms with Crippen LogP contribution in [0.2, 0.25) is 0 Å². The van der Waals surface area contributed by atoms with Crippen LogP contribution in [0.1, 0.15) is 45.4 Å². The second-order valence-corrected chi connectivity index (χ2v) is 7.02. The van der Waals surface area contributed by atoms with Crippen LogP contribution in [0.25, 0.3) is 0 Å². The first-order chi connectivity index (χ1) is 9.52. The van der Waals surface area contributed by atoms with Crippen LogP contribution in [0.3, 0.4) is 0 Å². The van der Waals surface area contributed by atoms with Crippen LogP contribution in [0.5, 0.6) is 0 Å². The molecule has 0 aliphatic heterocycles. The van der Waals surface area contributed by atoms with Crippen LogP contribution < -0.4 is 10.9 Å². The van der Waals surface area contributed by atoms with Crippen LogP contribution in [-0.2, 0) is 14.3 Å². The molecule has 1 unspecified atom stereocenters. The summed E-state index contributed by atoms with van der Waals surface area (Å²) in [5.74, 6) is 1.88. The lowest BCUT2D eigenvalue weighted by molar-refractivity contribution is -0.150. The monoisotopic (exact) mass is 280 g/mol. The summed E-state index contributed by atoms with van der Waals surface area (Å²) in [6.07, 6.45) is 6.37. The lowest BCUT2D eigenvalue weighted by atomic mass is 9.49. The number of nitrogens with one attached hydrogen (secondary N) is 2. The van der Waals surface area contributed by atoms with E-state index in [1.165, 1.54) is 26.4 Å². The minimum absolute atomic E-state index is 0.00764. The van der Waals surface area contributed by atoms with Gasteiger partial charge in [0.25, 0.3) is 5.91 Å². The molecule has 4 rings (SSSR count). The molecule has 5 nitrogen and oxygen atoms in total. The van der Waals surface area contributed by atoms with E-state index >= 15 is 0 Å². The Morgan fingerprint density at radius 2 is 1.55 bits per heavy atom. The Balaban J connectivity index is 1.61. The Kier molecular flexibility index (Phi) is 3.48.